The highest BCUT2D eigenvalue weighted by Gasteiger charge is 2.13. The number of benzene rings is 1. The first-order valence-electron chi connectivity index (χ1n) is 5.04. The molecule has 15 heavy (non-hydrogen) atoms. The second kappa shape index (κ2) is 5.03. The van der Waals surface area contributed by atoms with Crippen LogP contribution in [0.3, 0.4) is 0 Å². The fourth-order valence-electron chi connectivity index (χ4n) is 1.17. The normalized spacial score (nSPS) is 14.5. The molecule has 3 nitrogen and oxygen atoms in total. The standard InChI is InChI=1S/C12H18O3/c1-8-5-6-11(12(7-8)14-4)15-10(3)9(2)13/h5-7,9-10,13H,1-4H3/t9-,10?/m0/s1. The van der Waals surface area contributed by atoms with E-state index in [1.54, 1.807) is 14.0 Å². The second-order valence-electron chi connectivity index (χ2n) is 3.72. The molecule has 0 saturated heterocycles. The van der Waals surface area contributed by atoms with Gasteiger partial charge in [0.05, 0.1) is 13.2 Å². The van der Waals surface area contributed by atoms with Gasteiger partial charge in [0.1, 0.15) is 6.10 Å². The Morgan fingerprint density at radius 3 is 2.40 bits per heavy atom. The first-order valence-corrected chi connectivity index (χ1v) is 5.04. The molecule has 0 aromatic heterocycles. The Morgan fingerprint density at radius 1 is 1.20 bits per heavy atom. The van der Waals surface area contributed by atoms with E-state index >= 15 is 0 Å². The van der Waals surface area contributed by atoms with Crippen molar-refractivity contribution in [2.45, 2.75) is 33.0 Å². The van der Waals surface area contributed by atoms with Gasteiger partial charge >= 0.3 is 0 Å². The van der Waals surface area contributed by atoms with E-state index in [0.29, 0.717) is 11.5 Å². The summed E-state index contributed by atoms with van der Waals surface area (Å²) in [5, 5.41) is 9.33. The molecule has 0 aliphatic rings. The lowest BCUT2D eigenvalue weighted by molar-refractivity contribution is 0.0586. The van der Waals surface area contributed by atoms with Crippen molar-refractivity contribution in [1.29, 1.82) is 0 Å². The van der Waals surface area contributed by atoms with Crippen LogP contribution in [-0.4, -0.2) is 24.4 Å². The van der Waals surface area contributed by atoms with Crippen LogP contribution in [0.2, 0.25) is 0 Å². The number of methoxy groups -OCH3 is 1. The highest BCUT2D eigenvalue weighted by atomic mass is 16.5. The number of hydrogen-bond donors (Lipinski definition) is 1. The molecule has 1 rings (SSSR count). The average Bonchev–Trinajstić information content (AvgIpc) is 2.20. The van der Waals surface area contributed by atoms with Gasteiger partial charge < -0.3 is 14.6 Å². The van der Waals surface area contributed by atoms with Crippen molar-refractivity contribution >= 4 is 0 Å². The topological polar surface area (TPSA) is 38.7 Å². The van der Waals surface area contributed by atoms with Gasteiger partial charge in [-0.1, -0.05) is 6.07 Å². The molecule has 0 radical (unpaired) electrons. The number of hydrogen-bond acceptors (Lipinski definition) is 3. The molecule has 3 heteroatoms. The second-order valence-corrected chi connectivity index (χ2v) is 3.72. The van der Waals surface area contributed by atoms with Crippen molar-refractivity contribution in [2.75, 3.05) is 7.11 Å². The van der Waals surface area contributed by atoms with E-state index in [1.807, 2.05) is 32.0 Å². The molecule has 1 aromatic rings. The van der Waals surface area contributed by atoms with E-state index in [1.165, 1.54) is 0 Å². The molecule has 2 atom stereocenters. The Hall–Kier alpha value is -1.22. The molecular formula is C12H18O3. The molecule has 0 heterocycles. The average molecular weight is 210 g/mol. The minimum Gasteiger partial charge on any atom is -0.493 e. The Kier molecular flexibility index (Phi) is 3.97. The van der Waals surface area contributed by atoms with Crippen molar-refractivity contribution < 1.29 is 14.6 Å². The summed E-state index contributed by atoms with van der Waals surface area (Å²) in [5.74, 6) is 1.36. The zero-order valence-corrected chi connectivity index (χ0v) is 9.65. The summed E-state index contributed by atoms with van der Waals surface area (Å²) in [4.78, 5) is 0. The first kappa shape index (κ1) is 11.9. The van der Waals surface area contributed by atoms with Crippen LogP contribution in [0.4, 0.5) is 0 Å². The molecule has 84 valence electrons. The predicted octanol–water partition coefficient (Wildman–Crippen LogP) is 2.15. The summed E-state index contributed by atoms with van der Waals surface area (Å²) in [6.45, 7) is 5.51. The van der Waals surface area contributed by atoms with Gasteiger partial charge in [-0.25, -0.2) is 0 Å². The Balaban J connectivity index is 2.84. The highest BCUT2D eigenvalue weighted by Crippen LogP contribution is 2.28. The van der Waals surface area contributed by atoms with Crippen LogP contribution in [0, 0.1) is 6.92 Å². The van der Waals surface area contributed by atoms with Crippen LogP contribution in [0.5, 0.6) is 11.5 Å². The Morgan fingerprint density at radius 2 is 1.87 bits per heavy atom. The minimum atomic E-state index is -0.504. The van der Waals surface area contributed by atoms with Gasteiger partial charge in [-0.05, 0) is 38.5 Å². The maximum Gasteiger partial charge on any atom is 0.161 e. The van der Waals surface area contributed by atoms with Crippen molar-refractivity contribution in [1.82, 2.24) is 0 Å². The minimum absolute atomic E-state index is 0.249. The van der Waals surface area contributed by atoms with Crippen molar-refractivity contribution in [3.05, 3.63) is 23.8 Å². The number of ether oxygens (including phenoxy) is 2. The SMILES string of the molecule is COc1cc(C)ccc1OC(C)[C@H](C)O. The van der Waals surface area contributed by atoms with Gasteiger partial charge in [0.15, 0.2) is 11.5 Å². The molecule has 0 bridgehead atoms. The van der Waals surface area contributed by atoms with Gasteiger partial charge in [-0.3, -0.25) is 0 Å². The van der Waals surface area contributed by atoms with Crippen LogP contribution in [-0.2, 0) is 0 Å². The fourth-order valence-corrected chi connectivity index (χ4v) is 1.17. The van der Waals surface area contributed by atoms with E-state index in [0.717, 1.165) is 5.56 Å². The van der Waals surface area contributed by atoms with Crippen molar-refractivity contribution in [3.8, 4) is 11.5 Å². The predicted molar refractivity (Wildman–Crippen MR) is 59.5 cm³/mol. The van der Waals surface area contributed by atoms with Crippen molar-refractivity contribution in [3.63, 3.8) is 0 Å². The summed E-state index contributed by atoms with van der Waals surface area (Å²) >= 11 is 0. The summed E-state index contributed by atoms with van der Waals surface area (Å²) in [6.07, 6.45) is -0.752. The molecule has 0 aliphatic heterocycles. The lowest BCUT2D eigenvalue weighted by Crippen LogP contribution is -2.25. The first-order chi connectivity index (χ1) is 7.04. The monoisotopic (exact) mass is 210 g/mol. The third-order valence-electron chi connectivity index (χ3n) is 2.31. The van der Waals surface area contributed by atoms with Crippen LogP contribution in [0.15, 0.2) is 18.2 Å². The van der Waals surface area contributed by atoms with Crippen molar-refractivity contribution in [2.24, 2.45) is 0 Å². The van der Waals surface area contributed by atoms with Gasteiger partial charge in [0, 0.05) is 0 Å². The van der Waals surface area contributed by atoms with E-state index in [-0.39, 0.29) is 6.10 Å². The van der Waals surface area contributed by atoms with E-state index in [4.69, 9.17) is 9.47 Å². The van der Waals surface area contributed by atoms with Crippen LogP contribution in [0.1, 0.15) is 19.4 Å². The summed E-state index contributed by atoms with van der Waals surface area (Å²) in [7, 11) is 1.61. The lowest BCUT2D eigenvalue weighted by Gasteiger charge is -2.19. The van der Waals surface area contributed by atoms with Crippen LogP contribution in [0.25, 0.3) is 0 Å². The molecular weight excluding hydrogens is 192 g/mol. The maximum atomic E-state index is 9.33. The largest absolute Gasteiger partial charge is 0.493 e. The molecule has 1 unspecified atom stereocenters. The van der Waals surface area contributed by atoms with Gasteiger partial charge in [-0.15, -0.1) is 0 Å². The quantitative estimate of drug-likeness (QED) is 0.827. The lowest BCUT2D eigenvalue weighted by atomic mass is 10.2. The summed E-state index contributed by atoms with van der Waals surface area (Å²) < 4.78 is 10.8. The zero-order valence-electron chi connectivity index (χ0n) is 9.65. The smallest absolute Gasteiger partial charge is 0.161 e. The molecule has 1 N–H and O–H groups in total. The zero-order chi connectivity index (χ0) is 11.4. The fraction of sp³-hybridized carbons (Fsp3) is 0.500. The highest BCUT2D eigenvalue weighted by molar-refractivity contribution is 5.42. The van der Waals surface area contributed by atoms with Crippen LogP contribution < -0.4 is 9.47 Å². The molecule has 0 saturated carbocycles. The number of aliphatic hydroxyl groups is 1. The van der Waals surface area contributed by atoms with E-state index in [9.17, 15) is 5.11 Å². The number of aliphatic hydroxyl groups excluding tert-OH is 1. The van der Waals surface area contributed by atoms with Crippen LogP contribution >= 0.6 is 0 Å². The van der Waals surface area contributed by atoms with Gasteiger partial charge in [0.2, 0.25) is 0 Å². The Bertz CT molecular complexity index is 321. The van der Waals surface area contributed by atoms with Gasteiger partial charge in [0.25, 0.3) is 0 Å². The van der Waals surface area contributed by atoms with E-state index < -0.39 is 6.10 Å². The Labute approximate surface area is 90.6 Å². The molecule has 0 aliphatic carbocycles. The third kappa shape index (κ3) is 3.13. The molecule has 1 aromatic carbocycles. The summed E-state index contributed by atoms with van der Waals surface area (Å²) in [6, 6.07) is 5.71. The third-order valence-corrected chi connectivity index (χ3v) is 2.31. The van der Waals surface area contributed by atoms with E-state index in [2.05, 4.69) is 0 Å². The maximum absolute atomic E-state index is 9.33. The number of rotatable bonds is 4. The molecule has 0 fully saturated rings. The molecule has 0 amide bonds. The van der Waals surface area contributed by atoms with Gasteiger partial charge in [-0.2, -0.15) is 0 Å². The summed E-state index contributed by atoms with van der Waals surface area (Å²) in [5.41, 5.74) is 1.11. The number of aryl methyl sites for hydroxylation is 1. The molecule has 0 spiro atoms.